The minimum atomic E-state index is -1.58. The SMILES string of the molecule is C[CH2][Ge]([CH2]CSCC1CS1)([CH2]CSCC1CS1)[CH2]CSCC1CS1. The van der Waals surface area contributed by atoms with Crippen LogP contribution in [-0.2, 0) is 0 Å². The summed E-state index contributed by atoms with van der Waals surface area (Å²) in [4.78, 5) is 0. The second-order valence-corrected chi connectivity index (χ2v) is 25.6. The Bertz CT molecular complexity index is 307. The van der Waals surface area contributed by atoms with Gasteiger partial charge in [-0.1, -0.05) is 0 Å². The molecule has 140 valence electrons. The fourth-order valence-electron chi connectivity index (χ4n) is 2.91. The third kappa shape index (κ3) is 9.22. The monoisotopic (exact) mass is 502 g/mol. The second-order valence-electron chi connectivity index (χ2n) is 7.19. The van der Waals surface area contributed by atoms with Crippen molar-refractivity contribution in [1.82, 2.24) is 0 Å². The fraction of sp³-hybridized carbons (Fsp3) is 1.00. The van der Waals surface area contributed by atoms with Crippen molar-refractivity contribution in [2.24, 2.45) is 0 Å². The van der Waals surface area contributed by atoms with Gasteiger partial charge < -0.3 is 0 Å². The molecule has 3 aliphatic rings. The Morgan fingerprint density at radius 2 is 1.04 bits per heavy atom. The molecule has 0 radical (unpaired) electrons. The van der Waals surface area contributed by atoms with E-state index in [4.69, 9.17) is 0 Å². The minimum absolute atomic E-state index is 1.02. The summed E-state index contributed by atoms with van der Waals surface area (Å²) in [6.45, 7) is 2.55. The maximum absolute atomic E-state index is 2.55. The van der Waals surface area contributed by atoms with Crippen molar-refractivity contribution < 1.29 is 0 Å². The molecule has 0 saturated carbocycles. The summed E-state index contributed by atoms with van der Waals surface area (Å²) >= 11 is 11.8. The zero-order valence-electron chi connectivity index (χ0n) is 14.9. The van der Waals surface area contributed by atoms with Crippen molar-refractivity contribution in [3.05, 3.63) is 0 Å². The summed E-state index contributed by atoms with van der Waals surface area (Å²) in [5.74, 6) is 13.1. The van der Waals surface area contributed by atoms with E-state index in [1.807, 2.05) is 0 Å². The number of rotatable bonds is 16. The van der Waals surface area contributed by atoms with E-state index in [-0.39, 0.29) is 0 Å². The third-order valence-corrected chi connectivity index (χ3v) is 25.8. The fourth-order valence-corrected chi connectivity index (χ4v) is 24.2. The Kier molecular flexibility index (Phi) is 10.3. The average Bonchev–Trinajstić information content (AvgIpc) is 3.46. The molecule has 3 heterocycles. The summed E-state index contributed by atoms with van der Waals surface area (Å²) < 4.78 is 0. The first kappa shape index (κ1) is 21.4. The average molecular weight is 501 g/mol. The molecule has 0 N–H and O–H groups in total. The first-order valence-corrected chi connectivity index (χ1v) is 21.9. The number of hydrogen-bond acceptors (Lipinski definition) is 6. The molecular formula is C17H32GeS6. The Morgan fingerprint density at radius 1 is 0.708 bits per heavy atom. The van der Waals surface area contributed by atoms with Gasteiger partial charge in [0.25, 0.3) is 0 Å². The summed E-state index contributed by atoms with van der Waals surface area (Å²) in [5, 5.41) is 9.60. The maximum atomic E-state index is 2.55. The van der Waals surface area contributed by atoms with Crippen LogP contribution in [0.2, 0.25) is 21.0 Å². The van der Waals surface area contributed by atoms with E-state index in [9.17, 15) is 0 Å². The Labute approximate surface area is 177 Å². The van der Waals surface area contributed by atoms with Gasteiger partial charge in [-0.05, 0) is 0 Å². The van der Waals surface area contributed by atoms with Crippen LogP contribution in [0.1, 0.15) is 6.92 Å². The van der Waals surface area contributed by atoms with Gasteiger partial charge in [-0.25, -0.2) is 0 Å². The summed E-state index contributed by atoms with van der Waals surface area (Å²) in [7, 11) is 0. The summed E-state index contributed by atoms with van der Waals surface area (Å²) in [6, 6.07) is 0. The first-order chi connectivity index (χ1) is 11.8. The molecule has 3 atom stereocenters. The molecule has 0 amide bonds. The van der Waals surface area contributed by atoms with Gasteiger partial charge in [0.15, 0.2) is 0 Å². The third-order valence-electron chi connectivity index (χ3n) is 5.20. The van der Waals surface area contributed by atoms with Crippen molar-refractivity contribution in [1.29, 1.82) is 0 Å². The molecule has 3 saturated heterocycles. The van der Waals surface area contributed by atoms with Crippen molar-refractivity contribution in [3.63, 3.8) is 0 Å². The van der Waals surface area contributed by atoms with E-state index in [0.29, 0.717) is 0 Å². The van der Waals surface area contributed by atoms with Crippen LogP contribution >= 0.6 is 70.6 Å². The van der Waals surface area contributed by atoms with Gasteiger partial charge >= 0.3 is 179 Å². The number of thioether (sulfide) groups is 6. The molecule has 24 heavy (non-hydrogen) atoms. The molecule has 0 aromatic heterocycles. The zero-order chi connectivity index (χ0) is 16.7. The quantitative estimate of drug-likeness (QED) is 0.144. The van der Waals surface area contributed by atoms with E-state index < -0.39 is 13.3 Å². The Morgan fingerprint density at radius 3 is 1.29 bits per heavy atom. The van der Waals surface area contributed by atoms with Gasteiger partial charge in [0.2, 0.25) is 0 Å². The van der Waals surface area contributed by atoms with E-state index in [1.165, 1.54) is 51.8 Å². The Balaban J connectivity index is 1.35. The zero-order valence-corrected chi connectivity index (χ0v) is 21.9. The molecule has 3 fully saturated rings. The van der Waals surface area contributed by atoms with Crippen molar-refractivity contribution in [3.8, 4) is 0 Å². The van der Waals surface area contributed by atoms with E-state index in [0.717, 1.165) is 15.7 Å². The van der Waals surface area contributed by atoms with Gasteiger partial charge in [-0.15, -0.1) is 0 Å². The molecule has 0 nitrogen and oxygen atoms in total. The normalized spacial score (nSPS) is 30.1. The van der Waals surface area contributed by atoms with Crippen molar-refractivity contribution in [2.45, 2.75) is 43.7 Å². The molecule has 0 aliphatic carbocycles. The summed E-state index contributed by atoms with van der Waals surface area (Å²) in [6.07, 6.45) is 0. The van der Waals surface area contributed by atoms with Crippen LogP contribution in [0.25, 0.3) is 0 Å². The van der Waals surface area contributed by atoms with Gasteiger partial charge in [-0.3, -0.25) is 0 Å². The van der Waals surface area contributed by atoms with Gasteiger partial charge in [0.1, 0.15) is 0 Å². The summed E-state index contributed by atoms with van der Waals surface area (Å²) in [5.41, 5.74) is 0. The standard InChI is InChI=1S/C17H32GeS6/c1-2-18(3-6-19-9-15-12-22-15,4-7-20-10-16-13-23-16)5-8-21-11-17-14-24-17/h15-17H,2-14H2,1H3. The van der Waals surface area contributed by atoms with Gasteiger partial charge in [0.05, 0.1) is 0 Å². The molecule has 3 unspecified atom stereocenters. The van der Waals surface area contributed by atoms with Gasteiger partial charge in [-0.2, -0.15) is 0 Å². The predicted molar refractivity (Wildman–Crippen MR) is 131 cm³/mol. The van der Waals surface area contributed by atoms with Crippen molar-refractivity contribution in [2.75, 3.05) is 51.8 Å². The van der Waals surface area contributed by atoms with Crippen LogP contribution in [0.5, 0.6) is 0 Å². The van der Waals surface area contributed by atoms with Crippen LogP contribution < -0.4 is 0 Å². The molecule has 0 aromatic carbocycles. The van der Waals surface area contributed by atoms with Crippen LogP contribution in [0.15, 0.2) is 0 Å². The van der Waals surface area contributed by atoms with Gasteiger partial charge in [0, 0.05) is 0 Å². The van der Waals surface area contributed by atoms with Crippen molar-refractivity contribution >= 4 is 83.8 Å². The molecule has 0 bridgehead atoms. The first-order valence-electron chi connectivity index (χ1n) is 9.38. The van der Waals surface area contributed by atoms with Crippen LogP contribution in [0.4, 0.5) is 0 Å². The molecule has 3 aliphatic heterocycles. The van der Waals surface area contributed by atoms with E-state index in [2.05, 4.69) is 77.5 Å². The molecule has 7 heteroatoms. The molecule has 0 aromatic rings. The van der Waals surface area contributed by atoms with Crippen LogP contribution in [0.3, 0.4) is 0 Å². The second kappa shape index (κ2) is 11.6. The van der Waals surface area contributed by atoms with Crippen LogP contribution in [0, 0.1) is 0 Å². The number of hydrogen-bond donors (Lipinski definition) is 0. The molecule has 3 rings (SSSR count). The molecule has 0 spiro atoms. The van der Waals surface area contributed by atoms with E-state index in [1.54, 1.807) is 21.0 Å². The predicted octanol–water partition coefficient (Wildman–Crippen LogP) is 6.00. The van der Waals surface area contributed by atoms with Crippen LogP contribution in [-0.4, -0.2) is 80.8 Å². The Hall–Kier alpha value is 2.64. The topological polar surface area (TPSA) is 0 Å². The van der Waals surface area contributed by atoms with E-state index >= 15 is 0 Å². The molecular weight excluding hydrogens is 469 g/mol.